The molecule has 22 heavy (non-hydrogen) atoms. The Balaban J connectivity index is 2.06. The fraction of sp³-hybridized carbons (Fsp3) is 0.0500. The van der Waals surface area contributed by atoms with E-state index in [1.54, 1.807) is 7.05 Å². The maximum atomic E-state index is 4.06. The van der Waals surface area contributed by atoms with Crippen molar-refractivity contribution in [1.82, 2.24) is 0 Å². The highest BCUT2D eigenvalue weighted by atomic mass is 15.1. The molecule has 0 fully saturated rings. The maximum Gasteiger partial charge on any atom is 0.0462 e. The van der Waals surface area contributed by atoms with Crippen LogP contribution in [0, 0.1) is 0 Å². The van der Waals surface area contributed by atoms with E-state index in [0.717, 1.165) is 22.6 Å². The molecule has 0 saturated carbocycles. The quantitative estimate of drug-likeness (QED) is 0.601. The molecule has 0 radical (unpaired) electrons. The van der Waals surface area contributed by atoms with E-state index < -0.39 is 0 Å². The van der Waals surface area contributed by atoms with E-state index >= 15 is 0 Å². The van der Waals surface area contributed by atoms with Crippen LogP contribution in [-0.2, 0) is 0 Å². The summed E-state index contributed by atoms with van der Waals surface area (Å²) >= 11 is 0. The molecular formula is C20H18N2. The molecule has 0 amide bonds. The number of nitrogens with zero attached hydrogens (tertiary/aromatic N) is 2. The Kier molecular flexibility index (Phi) is 4.30. The number of para-hydroxylation sites is 2. The Morgan fingerprint density at radius 3 is 1.55 bits per heavy atom. The van der Waals surface area contributed by atoms with Crippen LogP contribution in [0.4, 0.5) is 17.1 Å². The monoisotopic (exact) mass is 286 g/mol. The van der Waals surface area contributed by atoms with Crippen LogP contribution in [-0.4, -0.2) is 13.3 Å². The van der Waals surface area contributed by atoms with Gasteiger partial charge < -0.3 is 4.90 Å². The number of benzene rings is 3. The van der Waals surface area contributed by atoms with Gasteiger partial charge in [0.1, 0.15) is 0 Å². The number of hydrogen-bond acceptors (Lipinski definition) is 2. The third-order valence-corrected chi connectivity index (χ3v) is 3.46. The Labute approximate surface area is 131 Å². The van der Waals surface area contributed by atoms with Crippen molar-refractivity contribution in [2.24, 2.45) is 4.99 Å². The van der Waals surface area contributed by atoms with Gasteiger partial charge in [-0.3, -0.25) is 4.99 Å². The van der Waals surface area contributed by atoms with Gasteiger partial charge in [-0.15, -0.1) is 0 Å². The van der Waals surface area contributed by atoms with Gasteiger partial charge in [0.25, 0.3) is 0 Å². The lowest BCUT2D eigenvalue weighted by Crippen LogP contribution is -2.09. The first-order valence-corrected chi connectivity index (χ1v) is 7.31. The van der Waals surface area contributed by atoms with Gasteiger partial charge in [-0.2, -0.15) is 0 Å². The van der Waals surface area contributed by atoms with Crippen molar-refractivity contribution in [3.8, 4) is 0 Å². The molecule has 0 aromatic heterocycles. The lowest BCUT2D eigenvalue weighted by Gasteiger charge is -2.25. The summed E-state index contributed by atoms with van der Waals surface area (Å²) in [4.78, 5) is 6.30. The smallest absolute Gasteiger partial charge is 0.0462 e. The van der Waals surface area contributed by atoms with Crippen LogP contribution in [0.5, 0.6) is 0 Å². The average molecular weight is 286 g/mol. The van der Waals surface area contributed by atoms with E-state index in [0.29, 0.717) is 0 Å². The van der Waals surface area contributed by atoms with Gasteiger partial charge >= 0.3 is 0 Å². The molecule has 108 valence electrons. The van der Waals surface area contributed by atoms with Crippen LogP contribution in [0.15, 0.2) is 89.9 Å². The summed E-state index contributed by atoms with van der Waals surface area (Å²) in [6.07, 6.45) is 1.86. The summed E-state index contributed by atoms with van der Waals surface area (Å²) in [5, 5.41) is 0. The normalized spacial score (nSPS) is 10.8. The van der Waals surface area contributed by atoms with Crippen LogP contribution in [0.3, 0.4) is 0 Å². The van der Waals surface area contributed by atoms with Crippen molar-refractivity contribution in [3.05, 3.63) is 90.5 Å². The molecule has 3 aromatic carbocycles. The van der Waals surface area contributed by atoms with Gasteiger partial charge in [-0.05, 0) is 42.0 Å². The molecule has 3 rings (SSSR count). The largest absolute Gasteiger partial charge is 0.311 e. The molecule has 0 atom stereocenters. The Bertz CT molecular complexity index is 692. The van der Waals surface area contributed by atoms with E-state index in [4.69, 9.17) is 0 Å². The summed E-state index contributed by atoms with van der Waals surface area (Å²) in [6, 6.07) is 29.2. The molecule has 0 aliphatic carbocycles. The summed E-state index contributed by atoms with van der Waals surface area (Å²) in [6.45, 7) is 0. The van der Waals surface area contributed by atoms with E-state index in [1.807, 2.05) is 18.3 Å². The first kappa shape index (κ1) is 14.1. The number of hydrogen-bond donors (Lipinski definition) is 0. The highest BCUT2D eigenvalue weighted by Crippen LogP contribution is 2.33. The molecule has 0 spiro atoms. The summed E-state index contributed by atoms with van der Waals surface area (Å²) in [7, 11) is 1.79. The van der Waals surface area contributed by atoms with Gasteiger partial charge in [0.15, 0.2) is 0 Å². The van der Waals surface area contributed by atoms with Crippen molar-refractivity contribution in [3.63, 3.8) is 0 Å². The van der Waals surface area contributed by atoms with Crippen LogP contribution in [0.2, 0.25) is 0 Å². The van der Waals surface area contributed by atoms with E-state index in [2.05, 4.69) is 82.7 Å². The predicted molar refractivity (Wildman–Crippen MR) is 94.6 cm³/mol. The SMILES string of the molecule is C/N=C/c1ccc(N(c2ccccc2)c2ccccc2)cc1. The van der Waals surface area contributed by atoms with Gasteiger partial charge in [0.05, 0.1) is 0 Å². The van der Waals surface area contributed by atoms with Crippen LogP contribution >= 0.6 is 0 Å². The third-order valence-electron chi connectivity index (χ3n) is 3.46. The summed E-state index contributed by atoms with van der Waals surface area (Å²) < 4.78 is 0. The van der Waals surface area contributed by atoms with Crippen LogP contribution in [0.25, 0.3) is 0 Å². The Morgan fingerprint density at radius 1 is 0.636 bits per heavy atom. The molecule has 2 heteroatoms. The summed E-state index contributed by atoms with van der Waals surface area (Å²) in [5.41, 5.74) is 4.52. The van der Waals surface area contributed by atoms with Crippen molar-refractivity contribution < 1.29 is 0 Å². The second kappa shape index (κ2) is 6.72. The average Bonchev–Trinajstić information content (AvgIpc) is 2.59. The van der Waals surface area contributed by atoms with Crippen molar-refractivity contribution in [1.29, 1.82) is 0 Å². The predicted octanol–water partition coefficient (Wildman–Crippen LogP) is 5.21. The zero-order valence-electron chi connectivity index (χ0n) is 12.6. The highest BCUT2D eigenvalue weighted by Gasteiger charge is 2.11. The van der Waals surface area contributed by atoms with Crippen LogP contribution in [0.1, 0.15) is 5.56 Å². The molecule has 0 N–H and O–H groups in total. The lowest BCUT2D eigenvalue weighted by molar-refractivity contribution is 1.28. The van der Waals surface area contributed by atoms with Crippen molar-refractivity contribution in [2.75, 3.05) is 11.9 Å². The van der Waals surface area contributed by atoms with Crippen molar-refractivity contribution in [2.45, 2.75) is 0 Å². The number of rotatable bonds is 4. The Morgan fingerprint density at radius 2 is 1.09 bits per heavy atom. The Hall–Kier alpha value is -2.87. The highest BCUT2D eigenvalue weighted by molar-refractivity contribution is 5.82. The molecular weight excluding hydrogens is 268 g/mol. The molecule has 0 aliphatic heterocycles. The topological polar surface area (TPSA) is 15.6 Å². The lowest BCUT2D eigenvalue weighted by atomic mass is 10.1. The minimum atomic E-state index is 1.10. The molecule has 0 bridgehead atoms. The minimum Gasteiger partial charge on any atom is -0.311 e. The number of anilines is 3. The van der Waals surface area contributed by atoms with Gasteiger partial charge in [-0.1, -0.05) is 48.5 Å². The molecule has 2 nitrogen and oxygen atoms in total. The molecule has 0 aliphatic rings. The first-order valence-electron chi connectivity index (χ1n) is 7.31. The standard InChI is InChI=1S/C20H18N2/c1-21-16-17-12-14-20(15-13-17)22(18-8-4-2-5-9-18)19-10-6-3-7-11-19/h2-16H,1H3/b21-16+. The minimum absolute atomic E-state index is 1.10. The van der Waals surface area contributed by atoms with Crippen LogP contribution < -0.4 is 4.90 Å². The van der Waals surface area contributed by atoms with Gasteiger partial charge in [0, 0.05) is 30.3 Å². The second-order valence-corrected chi connectivity index (χ2v) is 4.99. The molecule has 0 unspecified atom stereocenters. The van der Waals surface area contributed by atoms with E-state index in [-0.39, 0.29) is 0 Å². The zero-order valence-corrected chi connectivity index (χ0v) is 12.6. The maximum absolute atomic E-state index is 4.06. The fourth-order valence-electron chi connectivity index (χ4n) is 2.46. The molecule has 0 saturated heterocycles. The first-order chi connectivity index (χ1) is 10.9. The van der Waals surface area contributed by atoms with E-state index in [9.17, 15) is 0 Å². The summed E-state index contributed by atoms with van der Waals surface area (Å²) in [5.74, 6) is 0. The third kappa shape index (κ3) is 3.07. The van der Waals surface area contributed by atoms with Gasteiger partial charge in [0.2, 0.25) is 0 Å². The van der Waals surface area contributed by atoms with Gasteiger partial charge in [-0.25, -0.2) is 0 Å². The zero-order chi connectivity index (χ0) is 15.2. The van der Waals surface area contributed by atoms with Crippen molar-refractivity contribution >= 4 is 23.3 Å². The second-order valence-electron chi connectivity index (χ2n) is 4.99. The molecule has 3 aromatic rings. The number of aliphatic imine (C=N–C) groups is 1. The molecule has 0 heterocycles. The fourth-order valence-corrected chi connectivity index (χ4v) is 2.46. The van der Waals surface area contributed by atoms with E-state index in [1.165, 1.54) is 0 Å².